The highest BCUT2D eigenvalue weighted by Gasteiger charge is 2.39. The second-order valence-corrected chi connectivity index (χ2v) is 5.04. The number of carbonyl (C=O) groups excluding carboxylic acids is 1. The second kappa shape index (κ2) is 7.24. The molecule has 0 aliphatic heterocycles. The molecule has 2 amide bonds. The van der Waals surface area contributed by atoms with Crippen molar-refractivity contribution in [1.29, 1.82) is 0 Å². The first-order chi connectivity index (χ1) is 8.60. The predicted molar refractivity (Wildman–Crippen MR) is 69.5 cm³/mol. The number of unbranched alkanes of at least 4 members (excludes halogenated alkanes) is 1. The van der Waals surface area contributed by atoms with Crippen molar-refractivity contribution in [1.82, 2.24) is 10.6 Å². The van der Waals surface area contributed by atoms with Crippen LogP contribution in [0.2, 0.25) is 0 Å². The van der Waals surface area contributed by atoms with Gasteiger partial charge in [-0.3, -0.25) is 0 Å². The minimum atomic E-state index is -1.06. The normalized spacial score (nSPS) is 18.7. The maximum Gasteiger partial charge on any atom is 0.329 e. The van der Waals surface area contributed by atoms with Gasteiger partial charge in [0.1, 0.15) is 5.54 Å². The Morgan fingerprint density at radius 3 is 2.28 bits per heavy atom. The largest absolute Gasteiger partial charge is 0.480 e. The van der Waals surface area contributed by atoms with Crippen LogP contribution in [0.15, 0.2) is 0 Å². The average molecular weight is 256 g/mol. The quantitative estimate of drug-likeness (QED) is 0.521. The van der Waals surface area contributed by atoms with E-state index >= 15 is 0 Å². The van der Waals surface area contributed by atoms with E-state index in [1.54, 1.807) is 0 Å². The number of urea groups is 1. The van der Waals surface area contributed by atoms with Gasteiger partial charge in [-0.1, -0.05) is 39.0 Å². The van der Waals surface area contributed by atoms with Gasteiger partial charge < -0.3 is 15.7 Å². The number of carboxylic acid groups (broad SMARTS) is 1. The third-order valence-corrected chi connectivity index (χ3v) is 3.54. The smallest absolute Gasteiger partial charge is 0.329 e. The number of hydrogen-bond donors (Lipinski definition) is 3. The Bertz CT molecular complexity index is 284. The first-order valence-electron chi connectivity index (χ1n) is 6.90. The Balaban J connectivity index is 2.55. The van der Waals surface area contributed by atoms with Crippen LogP contribution in [0.4, 0.5) is 4.79 Å². The van der Waals surface area contributed by atoms with Crippen LogP contribution >= 0.6 is 0 Å². The van der Waals surface area contributed by atoms with Crippen LogP contribution in [-0.2, 0) is 4.79 Å². The summed E-state index contributed by atoms with van der Waals surface area (Å²) in [4.78, 5) is 23.2. The number of carboxylic acids is 1. The number of hydrogen-bond acceptors (Lipinski definition) is 2. The molecule has 1 rings (SSSR count). The predicted octanol–water partition coefficient (Wildman–Crippen LogP) is 2.26. The molecule has 1 saturated carbocycles. The zero-order valence-electron chi connectivity index (χ0n) is 11.1. The monoisotopic (exact) mass is 256 g/mol. The van der Waals surface area contributed by atoms with E-state index in [1.807, 2.05) is 6.92 Å². The van der Waals surface area contributed by atoms with Crippen LogP contribution in [0.25, 0.3) is 0 Å². The van der Waals surface area contributed by atoms with Crippen LogP contribution in [0.1, 0.15) is 58.3 Å². The molecule has 0 aromatic carbocycles. The van der Waals surface area contributed by atoms with Crippen molar-refractivity contribution in [2.75, 3.05) is 6.54 Å². The summed E-state index contributed by atoms with van der Waals surface area (Å²) < 4.78 is 0. The van der Waals surface area contributed by atoms with Gasteiger partial charge in [-0.2, -0.15) is 0 Å². The number of rotatable bonds is 5. The third kappa shape index (κ3) is 4.20. The van der Waals surface area contributed by atoms with Gasteiger partial charge in [0, 0.05) is 6.54 Å². The molecule has 104 valence electrons. The fraction of sp³-hybridized carbons (Fsp3) is 0.846. The number of amides is 2. The van der Waals surface area contributed by atoms with E-state index in [9.17, 15) is 14.7 Å². The minimum Gasteiger partial charge on any atom is -0.480 e. The summed E-state index contributed by atoms with van der Waals surface area (Å²) in [5.74, 6) is -0.907. The summed E-state index contributed by atoms with van der Waals surface area (Å²) in [7, 11) is 0. The van der Waals surface area contributed by atoms with Gasteiger partial charge in [0.2, 0.25) is 0 Å². The average Bonchev–Trinajstić information content (AvgIpc) is 2.56. The third-order valence-electron chi connectivity index (χ3n) is 3.54. The first kappa shape index (κ1) is 14.8. The van der Waals surface area contributed by atoms with E-state index in [-0.39, 0.29) is 6.03 Å². The Hall–Kier alpha value is -1.26. The molecule has 5 heteroatoms. The van der Waals surface area contributed by atoms with Crippen LogP contribution in [0.5, 0.6) is 0 Å². The number of nitrogens with one attached hydrogen (secondary N) is 2. The van der Waals surface area contributed by atoms with Crippen molar-refractivity contribution in [3.63, 3.8) is 0 Å². The second-order valence-electron chi connectivity index (χ2n) is 5.04. The molecule has 1 fully saturated rings. The van der Waals surface area contributed by atoms with Crippen molar-refractivity contribution in [2.24, 2.45) is 0 Å². The molecule has 1 aliphatic carbocycles. The Labute approximate surface area is 108 Å². The van der Waals surface area contributed by atoms with Gasteiger partial charge in [-0.15, -0.1) is 0 Å². The van der Waals surface area contributed by atoms with E-state index in [4.69, 9.17) is 0 Å². The summed E-state index contributed by atoms with van der Waals surface area (Å²) in [6.45, 7) is 2.64. The maximum atomic E-state index is 11.7. The lowest BCUT2D eigenvalue weighted by Crippen LogP contribution is -2.57. The van der Waals surface area contributed by atoms with Gasteiger partial charge in [-0.05, 0) is 19.3 Å². The molecule has 3 N–H and O–H groups in total. The van der Waals surface area contributed by atoms with Crippen LogP contribution < -0.4 is 10.6 Å². The molecule has 0 radical (unpaired) electrons. The van der Waals surface area contributed by atoms with Crippen LogP contribution in [0.3, 0.4) is 0 Å². The number of aliphatic carboxylic acids is 1. The topological polar surface area (TPSA) is 78.4 Å². The molecule has 0 aromatic heterocycles. The van der Waals surface area contributed by atoms with E-state index in [0.717, 1.165) is 38.5 Å². The highest BCUT2D eigenvalue weighted by atomic mass is 16.4. The lowest BCUT2D eigenvalue weighted by atomic mass is 9.90. The zero-order valence-corrected chi connectivity index (χ0v) is 11.1. The van der Waals surface area contributed by atoms with Gasteiger partial charge in [-0.25, -0.2) is 9.59 Å². The molecule has 0 unspecified atom stereocenters. The Morgan fingerprint density at radius 2 is 1.78 bits per heavy atom. The van der Waals surface area contributed by atoms with Gasteiger partial charge in [0.25, 0.3) is 0 Å². The van der Waals surface area contributed by atoms with E-state index < -0.39 is 11.5 Å². The standard InChI is InChI=1S/C13H24N2O3/c1-2-3-10-14-12(18)15-13(11(16)17)8-6-4-5-7-9-13/h2-10H2,1H3,(H,16,17)(H2,14,15,18). The molecule has 0 saturated heterocycles. The fourth-order valence-electron chi connectivity index (χ4n) is 2.36. The SMILES string of the molecule is CCCCNC(=O)NC1(C(=O)O)CCCCCC1. The molecule has 0 bridgehead atoms. The van der Waals surface area contributed by atoms with Crippen molar-refractivity contribution in [3.05, 3.63) is 0 Å². The van der Waals surface area contributed by atoms with Gasteiger partial charge in [0.15, 0.2) is 0 Å². The summed E-state index contributed by atoms with van der Waals surface area (Å²) in [6, 6.07) is -0.354. The summed E-state index contributed by atoms with van der Waals surface area (Å²) in [6.07, 6.45) is 6.80. The Kier molecular flexibility index (Phi) is 5.95. The maximum absolute atomic E-state index is 11.7. The zero-order chi connectivity index (χ0) is 13.4. The highest BCUT2D eigenvalue weighted by Crippen LogP contribution is 2.27. The van der Waals surface area contributed by atoms with Crippen LogP contribution in [0, 0.1) is 0 Å². The number of carbonyl (C=O) groups is 2. The molecule has 0 spiro atoms. The van der Waals surface area contributed by atoms with E-state index in [2.05, 4.69) is 10.6 Å². The Morgan fingerprint density at radius 1 is 1.17 bits per heavy atom. The van der Waals surface area contributed by atoms with E-state index in [0.29, 0.717) is 19.4 Å². The molecule has 0 aromatic rings. The highest BCUT2D eigenvalue weighted by molar-refractivity contribution is 5.86. The van der Waals surface area contributed by atoms with Crippen LogP contribution in [-0.4, -0.2) is 29.2 Å². The van der Waals surface area contributed by atoms with Crippen molar-refractivity contribution >= 4 is 12.0 Å². The molecule has 0 heterocycles. The molecule has 18 heavy (non-hydrogen) atoms. The van der Waals surface area contributed by atoms with Crippen molar-refractivity contribution in [3.8, 4) is 0 Å². The summed E-state index contributed by atoms with van der Waals surface area (Å²) in [5, 5.41) is 14.8. The minimum absolute atomic E-state index is 0.354. The van der Waals surface area contributed by atoms with Gasteiger partial charge in [0.05, 0.1) is 0 Å². The van der Waals surface area contributed by atoms with Crippen molar-refractivity contribution < 1.29 is 14.7 Å². The fourth-order valence-corrected chi connectivity index (χ4v) is 2.36. The van der Waals surface area contributed by atoms with Gasteiger partial charge >= 0.3 is 12.0 Å². The molecule has 1 aliphatic rings. The summed E-state index contributed by atoms with van der Waals surface area (Å²) >= 11 is 0. The summed E-state index contributed by atoms with van der Waals surface area (Å²) in [5.41, 5.74) is -1.06. The lowest BCUT2D eigenvalue weighted by molar-refractivity contribution is -0.145. The molecule has 0 atom stereocenters. The molecule has 5 nitrogen and oxygen atoms in total. The van der Waals surface area contributed by atoms with Crippen molar-refractivity contribution in [2.45, 2.75) is 63.8 Å². The molecular weight excluding hydrogens is 232 g/mol. The molecular formula is C13H24N2O3. The first-order valence-corrected chi connectivity index (χ1v) is 6.90. The lowest BCUT2D eigenvalue weighted by Gasteiger charge is -2.29. The van der Waals surface area contributed by atoms with E-state index in [1.165, 1.54) is 0 Å².